The summed E-state index contributed by atoms with van der Waals surface area (Å²) < 4.78 is 10.3. The zero-order chi connectivity index (χ0) is 12.2. The van der Waals surface area contributed by atoms with Crippen molar-refractivity contribution in [1.82, 2.24) is 0 Å². The molecule has 0 aromatic rings. The van der Waals surface area contributed by atoms with Crippen molar-refractivity contribution in [3.63, 3.8) is 0 Å². The van der Waals surface area contributed by atoms with E-state index in [4.69, 9.17) is 9.47 Å². The molecule has 1 rings (SSSR count). The van der Waals surface area contributed by atoms with Crippen LogP contribution in [0.2, 0.25) is 0 Å². The molecule has 1 aliphatic rings. The summed E-state index contributed by atoms with van der Waals surface area (Å²) in [5.74, 6) is -0.247. The summed E-state index contributed by atoms with van der Waals surface area (Å²) in [4.78, 5) is 23.5. The maximum absolute atomic E-state index is 11.7. The lowest BCUT2D eigenvalue weighted by molar-refractivity contribution is -0.169. The second-order valence-corrected chi connectivity index (χ2v) is 4.37. The predicted molar refractivity (Wildman–Crippen MR) is 59.0 cm³/mol. The van der Waals surface area contributed by atoms with E-state index in [-0.39, 0.29) is 23.4 Å². The first kappa shape index (κ1) is 13.3. The van der Waals surface area contributed by atoms with Crippen molar-refractivity contribution in [1.29, 1.82) is 0 Å². The van der Waals surface area contributed by atoms with E-state index in [9.17, 15) is 9.59 Å². The van der Waals surface area contributed by atoms with Gasteiger partial charge in [0, 0.05) is 18.6 Å². The Bertz CT molecular complexity index is 262. The summed E-state index contributed by atoms with van der Waals surface area (Å²) in [5.41, 5.74) is -0.251. The zero-order valence-electron chi connectivity index (χ0n) is 10.2. The van der Waals surface area contributed by atoms with Crippen LogP contribution in [0, 0.1) is 5.41 Å². The number of ether oxygens (including phenoxy) is 2. The first-order valence-corrected chi connectivity index (χ1v) is 5.82. The minimum atomic E-state index is -0.874. The van der Waals surface area contributed by atoms with Crippen molar-refractivity contribution in [2.75, 3.05) is 13.2 Å². The van der Waals surface area contributed by atoms with Gasteiger partial charge in [-0.05, 0) is 26.7 Å². The average Bonchev–Trinajstić information content (AvgIpc) is 2.97. The lowest BCUT2D eigenvalue weighted by Crippen LogP contribution is -2.31. The summed E-state index contributed by atoms with van der Waals surface area (Å²) >= 11 is 0. The van der Waals surface area contributed by atoms with Gasteiger partial charge in [-0.15, -0.1) is 0 Å². The Labute approximate surface area is 96.3 Å². The van der Waals surface area contributed by atoms with E-state index in [1.807, 2.05) is 6.92 Å². The molecular formula is C12H20O4. The Morgan fingerprint density at radius 2 is 1.69 bits per heavy atom. The molecule has 0 aromatic heterocycles. The van der Waals surface area contributed by atoms with E-state index in [2.05, 4.69) is 0 Å². The largest absolute Gasteiger partial charge is 0.346 e. The van der Waals surface area contributed by atoms with E-state index in [1.165, 1.54) is 0 Å². The summed E-state index contributed by atoms with van der Waals surface area (Å²) in [6, 6.07) is 0. The van der Waals surface area contributed by atoms with Gasteiger partial charge in [-0.25, -0.2) is 0 Å². The summed E-state index contributed by atoms with van der Waals surface area (Å²) in [6.07, 6.45) is 0.850. The van der Waals surface area contributed by atoms with Gasteiger partial charge in [-0.2, -0.15) is 0 Å². The molecule has 0 unspecified atom stereocenters. The number of Topliss-reactive ketones (excluding diaryl/α,β-unsaturated/α-hetero) is 2. The second kappa shape index (κ2) is 5.55. The van der Waals surface area contributed by atoms with Crippen molar-refractivity contribution in [3.05, 3.63) is 0 Å². The van der Waals surface area contributed by atoms with Crippen molar-refractivity contribution in [2.45, 2.75) is 46.3 Å². The van der Waals surface area contributed by atoms with Crippen molar-refractivity contribution in [3.8, 4) is 0 Å². The molecule has 0 radical (unpaired) electrons. The minimum Gasteiger partial charge on any atom is -0.346 e. The number of carbonyl (C=O) groups is 2. The fourth-order valence-electron chi connectivity index (χ4n) is 1.46. The molecule has 1 saturated carbocycles. The number of ketones is 2. The molecule has 92 valence electrons. The molecule has 1 fully saturated rings. The molecule has 16 heavy (non-hydrogen) atoms. The summed E-state index contributed by atoms with van der Waals surface area (Å²) in [6.45, 7) is 6.30. The van der Waals surface area contributed by atoms with Gasteiger partial charge in [0.1, 0.15) is 5.78 Å². The van der Waals surface area contributed by atoms with Crippen LogP contribution in [-0.2, 0) is 19.1 Å². The van der Waals surface area contributed by atoms with Crippen LogP contribution in [0.3, 0.4) is 0 Å². The van der Waals surface area contributed by atoms with Crippen LogP contribution < -0.4 is 0 Å². The van der Waals surface area contributed by atoms with E-state index in [1.54, 1.807) is 13.8 Å². The standard InChI is InChI=1S/C12H20O4/c1-4-15-11(16-5-2)9(13)8-10(14)12(3)6-7-12/h11H,4-8H2,1-3H3. The molecule has 0 aliphatic heterocycles. The molecule has 0 aromatic carbocycles. The van der Waals surface area contributed by atoms with Crippen LogP contribution in [0.15, 0.2) is 0 Å². The predicted octanol–water partition coefficient (Wildman–Crippen LogP) is 1.71. The third kappa shape index (κ3) is 3.39. The molecule has 0 spiro atoms. The third-order valence-corrected chi connectivity index (χ3v) is 2.91. The molecule has 4 heteroatoms. The van der Waals surface area contributed by atoms with Crippen LogP contribution in [0.5, 0.6) is 0 Å². The van der Waals surface area contributed by atoms with Gasteiger partial charge < -0.3 is 9.47 Å². The Kier molecular flexibility index (Phi) is 4.62. The number of hydrogen-bond acceptors (Lipinski definition) is 4. The molecule has 0 N–H and O–H groups in total. The Hall–Kier alpha value is -0.740. The average molecular weight is 228 g/mol. The molecule has 1 aliphatic carbocycles. The highest BCUT2D eigenvalue weighted by Gasteiger charge is 2.45. The zero-order valence-corrected chi connectivity index (χ0v) is 10.2. The highest BCUT2D eigenvalue weighted by atomic mass is 16.7. The van der Waals surface area contributed by atoms with Crippen LogP contribution in [0.1, 0.15) is 40.0 Å². The quantitative estimate of drug-likeness (QED) is 0.469. The fraction of sp³-hybridized carbons (Fsp3) is 0.833. The van der Waals surface area contributed by atoms with E-state index in [0.29, 0.717) is 13.2 Å². The highest BCUT2D eigenvalue weighted by Crippen LogP contribution is 2.46. The number of rotatable bonds is 8. The number of carbonyl (C=O) groups excluding carboxylic acids is 2. The molecule has 0 bridgehead atoms. The molecule has 0 heterocycles. The first-order chi connectivity index (χ1) is 7.53. The highest BCUT2D eigenvalue weighted by molar-refractivity contribution is 6.03. The van der Waals surface area contributed by atoms with Gasteiger partial charge in [-0.3, -0.25) is 9.59 Å². The lowest BCUT2D eigenvalue weighted by Gasteiger charge is -2.16. The van der Waals surface area contributed by atoms with Gasteiger partial charge in [0.25, 0.3) is 0 Å². The fourth-order valence-corrected chi connectivity index (χ4v) is 1.46. The number of hydrogen-bond donors (Lipinski definition) is 0. The lowest BCUT2D eigenvalue weighted by atomic mass is 9.99. The monoisotopic (exact) mass is 228 g/mol. The van der Waals surface area contributed by atoms with Gasteiger partial charge >= 0.3 is 0 Å². The van der Waals surface area contributed by atoms with E-state index in [0.717, 1.165) is 12.8 Å². The first-order valence-electron chi connectivity index (χ1n) is 5.82. The van der Waals surface area contributed by atoms with E-state index >= 15 is 0 Å². The summed E-state index contributed by atoms with van der Waals surface area (Å²) in [5, 5.41) is 0. The molecular weight excluding hydrogens is 208 g/mol. The van der Waals surface area contributed by atoms with Gasteiger partial charge in [0.05, 0.1) is 6.42 Å². The molecule has 0 atom stereocenters. The Morgan fingerprint density at radius 1 is 1.19 bits per heavy atom. The molecule has 4 nitrogen and oxygen atoms in total. The Morgan fingerprint density at radius 3 is 2.06 bits per heavy atom. The smallest absolute Gasteiger partial charge is 0.218 e. The van der Waals surface area contributed by atoms with Crippen molar-refractivity contribution >= 4 is 11.6 Å². The van der Waals surface area contributed by atoms with Crippen molar-refractivity contribution < 1.29 is 19.1 Å². The van der Waals surface area contributed by atoms with Gasteiger partial charge in [-0.1, -0.05) is 6.92 Å². The minimum absolute atomic E-state index is 0.0157. The van der Waals surface area contributed by atoms with Crippen LogP contribution in [0.4, 0.5) is 0 Å². The van der Waals surface area contributed by atoms with Crippen molar-refractivity contribution in [2.24, 2.45) is 5.41 Å². The van der Waals surface area contributed by atoms with Crippen LogP contribution in [-0.4, -0.2) is 31.1 Å². The molecule has 0 saturated heterocycles. The Balaban J connectivity index is 2.44. The van der Waals surface area contributed by atoms with Crippen LogP contribution >= 0.6 is 0 Å². The maximum Gasteiger partial charge on any atom is 0.218 e. The summed E-state index contributed by atoms with van der Waals surface area (Å²) in [7, 11) is 0. The third-order valence-electron chi connectivity index (χ3n) is 2.91. The normalized spacial score (nSPS) is 17.5. The van der Waals surface area contributed by atoms with E-state index < -0.39 is 6.29 Å². The topological polar surface area (TPSA) is 52.6 Å². The second-order valence-electron chi connectivity index (χ2n) is 4.37. The van der Waals surface area contributed by atoms with Gasteiger partial charge in [0.15, 0.2) is 5.78 Å². The van der Waals surface area contributed by atoms with Gasteiger partial charge in [0.2, 0.25) is 6.29 Å². The maximum atomic E-state index is 11.7. The molecule has 0 amide bonds. The van der Waals surface area contributed by atoms with Crippen LogP contribution in [0.25, 0.3) is 0 Å². The SMILES string of the molecule is CCOC(OCC)C(=O)CC(=O)C1(C)CC1.